The first-order chi connectivity index (χ1) is 9.43. The predicted octanol–water partition coefficient (Wildman–Crippen LogP) is 2.83. The predicted molar refractivity (Wildman–Crippen MR) is 81.7 cm³/mol. The summed E-state index contributed by atoms with van der Waals surface area (Å²) in [4.78, 5) is 12.2. The lowest BCUT2D eigenvalue weighted by molar-refractivity contribution is -0.124. The number of carbonyl (C=O) groups excluding carboxylic acids is 1. The second-order valence-electron chi connectivity index (χ2n) is 5.86. The topological polar surface area (TPSA) is 49.3 Å². The minimum absolute atomic E-state index is 0.0701. The fraction of sp³-hybridized carbons (Fsp3) is 0.353. The Kier molecular flexibility index (Phi) is 4.09. The van der Waals surface area contributed by atoms with Gasteiger partial charge in [-0.2, -0.15) is 0 Å². The van der Waals surface area contributed by atoms with Gasteiger partial charge in [0.1, 0.15) is 0 Å². The van der Waals surface area contributed by atoms with Gasteiger partial charge in [0.2, 0.25) is 5.91 Å². The maximum Gasteiger partial charge on any atom is 0.227 e. The van der Waals surface area contributed by atoms with Gasteiger partial charge in [-0.1, -0.05) is 42.5 Å². The van der Waals surface area contributed by atoms with Gasteiger partial charge in [-0.25, -0.2) is 0 Å². The normalized spacial score (nSPS) is 13.2. The third-order valence-corrected chi connectivity index (χ3v) is 3.52. The Morgan fingerprint density at radius 1 is 1.20 bits per heavy atom. The molecular formula is C17H21NO2. The van der Waals surface area contributed by atoms with E-state index in [-0.39, 0.29) is 18.4 Å². The highest BCUT2D eigenvalue weighted by molar-refractivity contribution is 5.87. The Hall–Kier alpha value is -1.87. The monoisotopic (exact) mass is 271 g/mol. The van der Waals surface area contributed by atoms with Crippen molar-refractivity contribution in [2.24, 2.45) is 0 Å². The quantitative estimate of drug-likeness (QED) is 0.898. The summed E-state index contributed by atoms with van der Waals surface area (Å²) in [5.74, 6) is -0.315. The van der Waals surface area contributed by atoms with Crippen LogP contribution in [0.3, 0.4) is 0 Å². The van der Waals surface area contributed by atoms with E-state index in [2.05, 4.69) is 11.4 Å². The maximum absolute atomic E-state index is 12.2. The molecule has 2 aromatic rings. The molecule has 2 N–H and O–H groups in total. The van der Waals surface area contributed by atoms with E-state index in [4.69, 9.17) is 0 Å². The Morgan fingerprint density at radius 2 is 1.85 bits per heavy atom. The fourth-order valence-corrected chi connectivity index (χ4v) is 2.11. The molecule has 0 aromatic heterocycles. The molecule has 3 heteroatoms. The fourth-order valence-electron chi connectivity index (χ4n) is 2.11. The van der Waals surface area contributed by atoms with Gasteiger partial charge in [0.15, 0.2) is 0 Å². The van der Waals surface area contributed by atoms with Crippen molar-refractivity contribution in [1.82, 2.24) is 5.32 Å². The number of aliphatic hydroxyl groups is 1. The first-order valence-corrected chi connectivity index (χ1v) is 6.84. The lowest BCUT2D eigenvalue weighted by Crippen LogP contribution is -2.47. The summed E-state index contributed by atoms with van der Waals surface area (Å²) in [7, 11) is 0. The van der Waals surface area contributed by atoms with Gasteiger partial charge in [0, 0.05) is 0 Å². The van der Waals surface area contributed by atoms with Gasteiger partial charge >= 0.3 is 0 Å². The molecule has 0 saturated heterocycles. The van der Waals surface area contributed by atoms with Crippen molar-refractivity contribution in [2.75, 3.05) is 6.61 Å². The van der Waals surface area contributed by atoms with Gasteiger partial charge in [0.05, 0.1) is 18.1 Å². The average Bonchev–Trinajstić information content (AvgIpc) is 2.45. The zero-order valence-electron chi connectivity index (χ0n) is 12.2. The Morgan fingerprint density at radius 3 is 2.50 bits per heavy atom. The number of nitrogens with one attached hydrogen (secondary N) is 1. The molecule has 106 valence electrons. The molecule has 2 rings (SSSR count). The molecule has 0 fully saturated rings. The lowest BCUT2D eigenvalue weighted by Gasteiger charge is -2.25. The van der Waals surface area contributed by atoms with E-state index in [1.165, 1.54) is 5.39 Å². The van der Waals surface area contributed by atoms with E-state index < -0.39 is 5.54 Å². The van der Waals surface area contributed by atoms with E-state index in [1.54, 1.807) is 13.8 Å². The molecule has 0 aliphatic rings. The zero-order chi connectivity index (χ0) is 14.8. The van der Waals surface area contributed by atoms with Gasteiger partial charge < -0.3 is 10.4 Å². The van der Waals surface area contributed by atoms with Crippen molar-refractivity contribution < 1.29 is 9.90 Å². The summed E-state index contributed by atoms with van der Waals surface area (Å²) < 4.78 is 0. The molecule has 0 aliphatic heterocycles. The van der Waals surface area contributed by atoms with Gasteiger partial charge in [-0.3, -0.25) is 4.79 Å². The number of hydrogen-bond acceptors (Lipinski definition) is 2. The van der Waals surface area contributed by atoms with E-state index in [0.717, 1.165) is 10.9 Å². The van der Waals surface area contributed by atoms with Crippen LogP contribution in [0.25, 0.3) is 10.8 Å². The van der Waals surface area contributed by atoms with Crippen LogP contribution >= 0.6 is 0 Å². The van der Waals surface area contributed by atoms with Crippen LogP contribution in [-0.2, 0) is 4.79 Å². The van der Waals surface area contributed by atoms with Gasteiger partial charge in [-0.05, 0) is 37.1 Å². The van der Waals surface area contributed by atoms with Crippen molar-refractivity contribution in [2.45, 2.75) is 32.2 Å². The molecule has 20 heavy (non-hydrogen) atoms. The molecule has 0 spiro atoms. The number of rotatable bonds is 4. The second kappa shape index (κ2) is 5.63. The third-order valence-electron chi connectivity index (χ3n) is 3.52. The number of amides is 1. The van der Waals surface area contributed by atoms with E-state index in [0.29, 0.717) is 0 Å². The number of fused-ring (bicyclic) bond motifs is 1. The van der Waals surface area contributed by atoms with Crippen LogP contribution in [0.2, 0.25) is 0 Å². The van der Waals surface area contributed by atoms with Crippen LogP contribution in [0.5, 0.6) is 0 Å². The Balaban J connectivity index is 2.22. The van der Waals surface area contributed by atoms with Gasteiger partial charge in [-0.15, -0.1) is 0 Å². The first-order valence-electron chi connectivity index (χ1n) is 6.84. The molecular weight excluding hydrogens is 250 g/mol. The molecule has 0 heterocycles. The molecule has 0 bridgehead atoms. The molecule has 1 amide bonds. The smallest absolute Gasteiger partial charge is 0.227 e. The van der Waals surface area contributed by atoms with E-state index in [9.17, 15) is 9.90 Å². The highest BCUT2D eigenvalue weighted by Gasteiger charge is 2.23. The van der Waals surface area contributed by atoms with Crippen LogP contribution in [0, 0.1) is 0 Å². The third kappa shape index (κ3) is 3.17. The number of aliphatic hydroxyl groups excluding tert-OH is 1. The number of carbonyl (C=O) groups is 1. The van der Waals surface area contributed by atoms with Crippen molar-refractivity contribution >= 4 is 16.7 Å². The molecule has 0 saturated carbocycles. The SMILES string of the molecule is CC(C(=O)NC(C)(C)CO)c1ccc2ccccc2c1. The summed E-state index contributed by atoms with van der Waals surface area (Å²) in [6.07, 6.45) is 0. The van der Waals surface area contributed by atoms with Crippen molar-refractivity contribution in [3.63, 3.8) is 0 Å². The summed E-state index contributed by atoms with van der Waals surface area (Å²) >= 11 is 0. The van der Waals surface area contributed by atoms with E-state index >= 15 is 0 Å². The van der Waals surface area contributed by atoms with Crippen LogP contribution in [0.15, 0.2) is 42.5 Å². The molecule has 3 nitrogen and oxygen atoms in total. The van der Waals surface area contributed by atoms with E-state index in [1.807, 2.05) is 43.3 Å². The molecule has 0 aliphatic carbocycles. The summed E-state index contributed by atoms with van der Waals surface area (Å²) in [6.45, 7) is 5.41. The largest absolute Gasteiger partial charge is 0.394 e. The minimum Gasteiger partial charge on any atom is -0.394 e. The van der Waals surface area contributed by atoms with Crippen molar-refractivity contribution in [1.29, 1.82) is 0 Å². The standard InChI is InChI=1S/C17H21NO2/c1-12(16(20)18-17(2,3)11-19)14-9-8-13-6-4-5-7-15(13)10-14/h4-10,12,19H,11H2,1-3H3,(H,18,20). The number of hydrogen-bond donors (Lipinski definition) is 2. The zero-order valence-corrected chi connectivity index (χ0v) is 12.2. The summed E-state index contributed by atoms with van der Waals surface area (Å²) in [6, 6.07) is 14.2. The highest BCUT2D eigenvalue weighted by atomic mass is 16.3. The molecule has 2 aromatic carbocycles. The van der Waals surface area contributed by atoms with Crippen LogP contribution < -0.4 is 5.32 Å². The van der Waals surface area contributed by atoms with Crippen molar-refractivity contribution in [3.05, 3.63) is 48.0 Å². The second-order valence-corrected chi connectivity index (χ2v) is 5.86. The van der Waals surface area contributed by atoms with Crippen LogP contribution in [0.1, 0.15) is 32.3 Å². The van der Waals surface area contributed by atoms with Crippen LogP contribution in [0.4, 0.5) is 0 Å². The average molecular weight is 271 g/mol. The number of benzene rings is 2. The molecule has 1 atom stereocenters. The molecule has 0 radical (unpaired) electrons. The Labute approximate surface area is 119 Å². The van der Waals surface area contributed by atoms with Gasteiger partial charge in [0.25, 0.3) is 0 Å². The minimum atomic E-state index is -0.595. The maximum atomic E-state index is 12.2. The summed E-state index contributed by atoms with van der Waals surface area (Å²) in [5.41, 5.74) is 0.386. The Bertz CT molecular complexity index is 619. The summed E-state index contributed by atoms with van der Waals surface area (Å²) in [5, 5.41) is 14.4. The van der Waals surface area contributed by atoms with Crippen molar-refractivity contribution in [3.8, 4) is 0 Å². The highest BCUT2D eigenvalue weighted by Crippen LogP contribution is 2.22. The molecule has 1 unspecified atom stereocenters. The van der Waals surface area contributed by atoms with Crippen LogP contribution in [-0.4, -0.2) is 23.2 Å². The first kappa shape index (κ1) is 14.5. The lowest BCUT2D eigenvalue weighted by atomic mass is 9.96.